The number of hydrogen-bond acceptors (Lipinski definition) is 4. The fourth-order valence-electron chi connectivity index (χ4n) is 2.88. The number of aryl methyl sites for hydroxylation is 2. The number of ether oxygens (including phenoxy) is 1. The van der Waals surface area contributed by atoms with E-state index in [1.54, 1.807) is 7.11 Å². The second kappa shape index (κ2) is 8.27. The Morgan fingerprint density at radius 2 is 2.33 bits per heavy atom. The third kappa shape index (κ3) is 4.52. The number of rotatable bonds is 8. The summed E-state index contributed by atoms with van der Waals surface area (Å²) >= 11 is 3.71. The maximum atomic E-state index is 5.27. The van der Waals surface area contributed by atoms with Gasteiger partial charge in [-0.2, -0.15) is 5.10 Å². The molecule has 1 saturated heterocycles. The smallest absolute Gasteiger partial charge is 0.0767 e. The molecule has 21 heavy (non-hydrogen) atoms. The lowest BCUT2D eigenvalue weighted by molar-refractivity contribution is 0.136. The summed E-state index contributed by atoms with van der Waals surface area (Å²) < 4.78 is 8.43. The van der Waals surface area contributed by atoms with Crippen LogP contribution in [0.5, 0.6) is 0 Å². The van der Waals surface area contributed by atoms with Crippen molar-refractivity contribution in [2.75, 3.05) is 33.4 Å². The van der Waals surface area contributed by atoms with Crippen molar-refractivity contribution >= 4 is 15.9 Å². The Morgan fingerprint density at radius 3 is 2.90 bits per heavy atom. The predicted molar refractivity (Wildman–Crippen MR) is 88.5 cm³/mol. The van der Waals surface area contributed by atoms with E-state index in [4.69, 9.17) is 4.74 Å². The maximum Gasteiger partial charge on any atom is 0.0767 e. The van der Waals surface area contributed by atoms with E-state index in [-0.39, 0.29) is 0 Å². The Hall–Kier alpha value is -0.430. The fraction of sp³-hybridized carbons (Fsp3) is 0.800. The molecule has 0 aromatic carbocycles. The molecule has 0 radical (unpaired) electrons. The van der Waals surface area contributed by atoms with Gasteiger partial charge in [0, 0.05) is 39.8 Å². The quantitative estimate of drug-likeness (QED) is 0.771. The van der Waals surface area contributed by atoms with Crippen molar-refractivity contribution in [3.05, 3.63) is 15.9 Å². The molecule has 6 heteroatoms. The monoisotopic (exact) mass is 358 g/mol. The van der Waals surface area contributed by atoms with Crippen molar-refractivity contribution < 1.29 is 4.74 Å². The summed E-state index contributed by atoms with van der Waals surface area (Å²) in [5, 5.41) is 8.17. The Bertz CT molecular complexity index is 443. The Labute approximate surface area is 136 Å². The van der Waals surface area contributed by atoms with Crippen molar-refractivity contribution in [1.29, 1.82) is 0 Å². The normalized spacial score (nSPS) is 18.8. The van der Waals surface area contributed by atoms with Gasteiger partial charge < -0.3 is 10.1 Å². The molecule has 5 nitrogen and oxygen atoms in total. The van der Waals surface area contributed by atoms with E-state index in [1.807, 2.05) is 11.7 Å². The zero-order valence-corrected chi connectivity index (χ0v) is 14.9. The molecule has 0 bridgehead atoms. The molecule has 0 aliphatic carbocycles. The average molecular weight is 359 g/mol. The Kier molecular flexibility index (Phi) is 6.67. The first-order chi connectivity index (χ1) is 10.2. The van der Waals surface area contributed by atoms with Crippen LogP contribution in [0.3, 0.4) is 0 Å². The first kappa shape index (κ1) is 16.9. The molecule has 1 unspecified atom stereocenters. The van der Waals surface area contributed by atoms with E-state index in [9.17, 15) is 0 Å². The third-order valence-electron chi connectivity index (χ3n) is 4.13. The second-order valence-electron chi connectivity index (χ2n) is 5.71. The topological polar surface area (TPSA) is 42.3 Å². The van der Waals surface area contributed by atoms with Gasteiger partial charge in [0.15, 0.2) is 0 Å². The van der Waals surface area contributed by atoms with Crippen molar-refractivity contribution in [1.82, 2.24) is 20.0 Å². The number of hydrogen-bond donors (Lipinski definition) is 1. The molecule has 120 valence electrons. The van der Waals surface area contributed by atoms with E-state index < -0.39 is 0 Å². The van der Waals surface area contributed by atoms with Gasteiger partial charge in [0.05, 0.1) is 22.5 Å². The highest BCUT2D eigenvalue weighted by molar-refractivity contribution is 9.10. The number of halogens is 1. The number of aromatic nitrogens is 2. The van der Waals surface area contributed by atoms with Crippen LogP contribution in [0.15, 0.2) is 4.47 Å². The van der Waals surface area contributed by atoms with Crippen LogP contribution in [0.4, 0.5) is 0 Å². The van der Waals surface area contributed by atoms with E-state index in [2.05, 4.69) is 38.2 Å². The first-order valence-corrected chi connectivity index (χ1v) is 8.59. The minimum atomic E-state index is 0.611. The SMILES string of the molecule is CCc1nn(C)c(CN(CCOC)CC2CCCN2)c1Br. The van der Waals surface area contributed by atoms with Gasteiger partial charge in [-0.3, -0.25) is 9.58 Å². The standard InChI is InChI=1S/C15H27BrN4O/c1-4-13-15(16)14(19(2)18-13)11-20(8-9-21-3)10-12-6-5-7-17-12/h12,17H,4-11H2,1-3H3. The van der Waals surface area contributed by atoms with Gasteiger partial charge in [-0.1, -0.05) is 6.92 Å². The second-order valence-corrected chi connectivity index (χ2v) is 6.50. The molecule has 2 heterocycles. The molecule has 1 aromatic heterocycles. The zero-order chi connectivity index (χ0) is 15.2. The third-order valence-corrected chi connectivity index (χ3v) is 5.04. The lowest BCUT2D eigenvalue weighted by Crippen LogP contribution is -2.39. The molecule has 0 spiro atoms. The lowest BCUT2D eigenvalue weighted by Gasteiger charge is -2.25. The van der Waals surface area contributed by atoms with Crippen LogP contribution in [0.2, 0.25) is 0 Å². The number of methoxy groups -OCH3 is 1. The largest absolute Gasteiger partial charge is 0.383 e. The highest BCUT2D eigenvalue weighted by Crippen LogP contribution is 2.23. The molecule has 1 aromatic rings. The molecular weight excluding hydrogens is 332 g/mol. The van der Waals surface area contributed by atoms with Gasteiger partial charge in [-0.25, -0.2) is 0 Å². The van der Waals surface area contributed by atoms with Crippen molar-refractivity contribution in [2.24, 2.45) is 7.05 Å². The van der Waals surface area contributed by atoms with Crippen LogP contribution in [0.1, 0.15) is 31.2 Å². The highest BCUT2D eigenvalue weighted by atomic mass is 79.9. The maximum absolute atomic E-state index is 5.27. The van der Waals surface area contributed by atoms with E-state index >= 15 is 0 Å². The van der Waals surface area contributed by atoms with Gasteiger partial charge in [0.2, 0.25) is 0 Å². The van der Waals surface area contributed by atoms with Crippen molar-refractivity contribution in [2.45, 2.75) is 38.8 Å². The van der Waals surface area contributed by atoms with E-state index in [0.29, 0.717) is 6.04 Å². The van der Waals surface area contributed by atoms with Crippen LogP contribution >= 0.6 is 15.9 Å². The van der Waals surface area contributed by atoms with Crippen LogP contribution in [-0.4, -0.2) is 54.1 Å². The van der Waals surface area contributed by atoms with Gasteiger partial charge >= 0.3 is 0 Å². The molecule has 2 rings (SSSR count). The van der Waals surface area contributed by atoms with Crippen LogP contribution in [0, 0.1) is 0 Å². The molecule has 1 aliphatic heterocycles. The highest BCUT2D eigenvalue weighted by Gasteiger charge is 2.21. The fourth-order valence-corrected chi connectivity index (χ4v) is 3.62. The molecule has 1 aliphatic rings. The summed E-state index contributed by atoms with van der Waals surface area (Å²) in [6.07, 6.45) is 3.52. The van der Waals surface area contributed by atoms with E-state index in [0.717, 1.165) is 49.4 Å². The molecule has 0 saturated carbocycles. The van der Waals surface area contributed by atoms with Crippen molar-refractivity contribution in [3.8, 4) is 0 Å². The van der Waals surface area contributed by atoms with Gasteiger partial charge in [0.1, 0.15) is 0 Å². The van der Waals surface area contributed by atoms with E-state index in [1.165, 1.54) is 18.5 Å². The minimum absolute atomic E-state index is 0.611. The minimum Gasteiger partial charge on any atom is -0.383 e. The Morgan fingerprint density at radius 1 is 1.52 bits per heavy atom. The molecule has 1 fully saturated rings. The summed E-state index contributed by atoms with van der Waals surface area (Å²) in [6, 6.07) is 0.611. The zero-order valence-electron chi connectivity index (χ0n) is 13.4. The van der Waals surface area contributed by atoms with Crippen LogP contribution in [-0.2, 0) is 24.8 Å². The van der Waals surface area contributed by atoms with Crippen molar-refractivity contribution in [3.63, 3.8) is 0 Å². The van der Waals surface area contributed by atoms with Crippen LogP contribution < -0.4 is 5.32 Å². The summed E-state index contributed by atoms with van der Waals surface area (Å²) in [5.74, 6) is 0. The van der Waals surface area contributed by atoms with Gasteiger partial charge in [-0.05, 0) is 41.7 Å². The summed E-state index contributed by atoms with van der Waals surface area (Å²) in [4.78, 5) is 2.47. The summed E-state index contributed by atoms with van der Waals surface area (Å²) in [5.41, 5.74) is 2.39. The van der Waals surface area contributed by atoms with Gasteiger partial charge in [-0.15, -0.1) is 0 Å². The summed E-state index contributed by atoms with van der Waals surface area (Å²) in [7, 11) is 3.79. The number of nitrogens with zero attached hydrogens (tertiary/aromatic N) is 3. The summed E-state index contributed by atoms with van der Waals surface area (Å²) in [6.45, 7) is 6.99. The Balaban J connectivity index is 2.04. The number of nitrogens with one attached hydrogen (secondary N) is 1. The average Bonchev–Trinajstić information content (AvgIpc) is 3.07. The molecule has 0 amide bonds. The molecule has 1 atom stereocenters. The lowest BCUT2D eigenvalue weighted by atomic mass is 10.2. The molecular formula is C15H27BrN4O. The molecule has 1 N–H and O–H groups in total. The van der Waals surface area contributed by atoms with Gasteiger partial charge in [0.25, 0.3) is 0 Å². The van der Waals surface area contributed by atoms with Crippen LogP contribution in [0.25, 0.3) is 0 Å². The first-order valence-electron chi connectivity index (χ1n) is 7.80. The predicted octanol–water partition coefficient (Wildman–Crippen LogP) is 1.95.